The van der Waals surface area contributed by atoms with E-state index >= 15 is 0 Å². The molecule has 30 heavy (non-hydrogen) atoms. The number of aromatic amines is 1. The second-order valence-corrected chi connectivity index (χ2v) is 6.79. The third-order valence-electron chi connectivity index (χ3n) is 4.41. The summed E-state index contributed by atoms with van der Waals surface area (Å²) in [7, 11) is 1.59. The van der Waals surface area contributed by atoms with Crippen LogP contribution in [0.2, 0.25) is 0 Å². The summed E-state index contributed by atoms with van der Waals surface area (Å²) in [5.74, 6) is 1.63. The summed E-state index contributed by atoms with van der Waals surface area (Å²) < 4.78 is 15.8. The van der Waals surface area contributed by atoms with Crippen LogP contribution in [-0.4, -0.2) is 43.5 Å². The number of nitrogens with zero attached hydrogens (tertiary/aromatic N) is 5. The Balaban J connectivity index is 1.50. The molecule has 1 aromatic carbocycles. The van der Waals surface area contributed by atoms with E-state index in [2.05, 4.69) is 35.8 Å². The van der Waals surface area contributed by atoms with E-state index in [1.165, 1.54) is 6.33 Å². The van der Waals surface area contributed by atoms with Gasteiger partial charge >= 0.3 is 0 Å². The Labute approximate surface area is 170 Å². The van der Waals surface area contributed by atoms with Crippen molar-refractivity contribution in [2.24, 2.45) is 5.92 Å². The van der Waals surface area contributed by atoms with Crippen molar-refractivity contribution >= 4 is 5.91 Å². The fraction of sp³-hybridized carbons (Fsp3) is 0.263. The Bertz CT molecular complexity index is 1120. The van der Waals surface area contributed by atoms with Gasteiger partial charge in [-0.1, -0.05) is 24.2 Å². The van der Waals surface area contributed by atoms with Crippen molar-refractivity contribution in [3.05, 3.63) is 48.2 Å². The molecule has 0 aliphatic heterocycles. The number of methoxy groups -OCH3 is 1. The van der Waals surface area contributed by atoms with E-state index in [0.29, 0.717) is 11.6 Å². The van der Waals surface area contributed by atoms with Crippen molar-refractivity contribution in [3.63, 3.8) is 0 Å². The number of benzene rings is 1. The zero-order valence-corrected chi connectivity index (χ0v) is 16.5. The molecule has 4 rings (SSSR count). The average molecular weight is 409 g/mol. The molecule has 0 fully saturated rings. The molecule has 0 spiro atoms. The number of hydrogen-bond acceptors (Lipinski definition) is 9. The summed E-state index contributed by atoms with van der Waals surface area (Å²) in [6, 6.07) is 8.29. The molecule has 4 aromatic rings. The van der Waals surface area contributed by atoms with E-state index in [1.807, 2.05) is 26.0 Å². The van der Waals surface area contributed by atoms with Crippen LogP contribution in [0.5, 0.6) is 5.75 Å². The molecule has 11 heteroatoms. The molecule has 0 radical (unpaired) electrons. The standard InChI is InChI=1S/C19H19N7O4/c1-10(2)15(19-23-17(26-30-19)16-20-9-21-24-16)22-18(27)13-8-14(29-25-13)11-4-6-12(28-3)7-5-11/h4-10,15H,1-3H3,(H,22,27)(H,20,21,24)/t15-/m0/s1. The van der Waals surface area contributed by atoms with E-state index in [4.69, 9.17) is 13.8 Å². The maximum atomic E-state index is 12.7. The summed E-state index contributed by atoms with van der Waals surface area (Å²) in [5.41, 5.74) is 0.915. The van der Waals surface area contributed by atoms with Crippen LogP contribution in [0.25, 0.3) is 23.0 Å². The number of carbonyl (C=O) groups is 1. The van der Waals surface area contributed by atoms with Gasteiger partial charge < -0.3 is 19.1 Å². The van der Waals surface area contributed by atoms with Crippen molar-refractivity contribution in [1.82, 2.24) is 35.8 Å². The van der Waals surface area contributed by atoms with Gasteiger partial charge in [0.1, 0.15) is 18.1 Å². The van der Waals surface area contributed by atoms with Crippen molar-refractivity contribution in [2.45, 2.75) is 19.9 Å². The average Bonchev–Trinajstić information content (AvgIpc) is 3.52. The minimum Gasteiger partial charge on any atom is -0.497 e. The summed E-state index contributed by atoms with van der Waals surface area (Å²) in [5, 5.41) is 17.1. The quantitative estimate of drug-likeness (QED) is 0.470. The van der Waals surface area contributed by atoms with Gasteiger partial charge in [-0.15, -0.1) is 0 Å². The maximum Gasteiger partial charge on any atom is 0.274 e. The summed E-state index contributed by atoms with van der Waals surface area (Å²) in [6.45, 7) is 3.85. The Kier molecular flexibility index (Phi) is 5.24. The predicted octanol–water partition coefficient (Wildman–Crippen LogP) is 2.65. The number of rotatable bonds is 7. The number of ether oxygens (including phenoxy) is 1. The molecule has 1 amide bonds. The van der Waals surface area contributed by atoms with Crippen LogP contribution in [-0.2, 0) is 0 Å². The van der Waals surface area contributed by atoms with E-state index in [9.17, 15) is 4.79 Å². The highest BCUT2D eigenvalue weighted by Crippen LogP contribution is 2.25. The number of H-pyrrole nitrogens is 1. The zero-order valence-electron chi connectivity index (χ0n) is 16.5. The van der Waals surface area contributed by atoms with Gasteiger partial charge in [0.25, 0.3) is 5.91 Å². The highest BCUT2D eigenvalue weighted by atomic mass is 16.5. The molecule has 1 atom stereocenters. The van der Waals surface area contributed by atoms with Gasteiger partial charge in [0.05, 0.1) is 7.11 Å². The van der Waals surface area contributed by atoms with E-state index in [-0.39, 0.29) is 23.3 Å². The first-order valence-corrected chi connectivity index (χ1v) is 9.16. The van der Waals surface area contributed by atoms with Gasteiger partial charge in [0.15, 0.2) is 17.3 Å². The topological polar surface area (TPSA) is 145 Å². The smallest absolute Gasteiger partial charge is 0.274 e. The van der Waals surface area contributed by atoms with Gasteiger partial charge in [0, 0.05) is 11.6 Å². The normalized spacial score (nSPS) is 12.1. The van der Waals surface area contributed by atoms with E-state index in [0.717, 1.165) is 11.3 Å². The molecular weight excluding hydrogens is 390 g/mol. The van der Waals surface area contributed by atoms with E-state index < -0.39 is 11.9 Å². The molecule has 0 saturated heterocycles. The summed E-state index contributed by atoms with van der Waals surface area (Å²) >= 11 is 0. The molecule has 3 aromatic heterocycles. The first-order chi connectivity index (χ1) is 14.5. The zero-order chi connectivity index (χ0) is 21.1. The molecule has 0 saturated carbocycles. The van der Waals surface area contributed by atoms with Crippen LogP contribution in [0.4, 0.5) is 0 Å². The first-order valence-electron chi connectivity index (χ1n) is 9.16. The maximum absolute atomic E-state index is 12.7. The van der Waals surface area contributed by atoms with Crippen LogP contribution in [0.3, 0.4) is 0 Å². The van der Waals surface area contributed by atoms with Crippen LogP contribution in [0.1, 0.15) is 36.3 Å². The minimum atomic E-state index is -0.525. The number of hydrogen-bond donors (Lipinski definition) is 2. The van der Waals surface area contributed by atoms with Gasteiger partial charge in [-0.25, -0.2) is 4.98 Å². The monoisotopic (exact) mass is 409 g/mol. The Morgan fingerprint density at radius 3 is 2.63 bits per heavy atom. The Morgan fingerprint density at radius 1 is 1.17 bits per heavy atom. The molecule has 3 heterocycles. The lowest BCUT2D eigenvalue weighted by atomic mass is 10.0. The van der Waals surface area contributed by atoms with Crippen LogP contribution >= 0.6 is 0 Å². The Hall–Kier alpha value is -4.02. The highest BCUT2D eigenvalue weighted by molar-refractivity contribution is 5.93. The molecule has 2 N–H and O–H groups in total. The number of amides is 1. The molecule has 11 nitrogen and oxygen atoms in total. The van der Waals surface area contributed by atoms with Gasteiger partial charge in [-0.05, 0) is 30.2 Å². The Morgan fingerprint density at radius 2 is 1.97 bits per heavy atom. The lowest BCUT2D eigenvalue weighted by molar-refractivity contribution is 0.0904. The highest BCUT2D eigenvalue weighted by Gasteiger charge is 2.27. The van der Waals surface area contributed by atoms with Crippen molar-refractivity contribution in [1.29, 1.82) is 0 Å². The lowest BCUT2D eigenvalue weighted by Gasteiger charge is -2.17. The van der Waals surface area contributed by atoms with E-state index in [1.54, 1.807) is 25.3 Å². The number of carbonyl (C=O) groups excluding carboxylic acids is 1. The molecule has 0 aliphatic carbocycles. The van der Waals surface area contributed by atoms with Crippen LogP contribution in [0, 0.1) is 5.92 Å². The molecular formula is C19H19N7O4. The van der Waals surface area contributed by atoms with Crippen molar-refractivity contribution in [3.8, 4) is 28.7 Å². The second kappa shape index (κ2) is 8.15. The first kappa shape index (κ1) is 19.3. The van der Waals surface area contributed by atoms with Gasteiger partial charge in [0.2, 0.25) is 11.7 Å². The summed E-state index contributed by atoms with van der Waals surface area (Å²) in [6.07, 6.45) is 1.35. The fourth-order valence-corrected chi connectivity index (χ4v) is 2.77. The second-order valence-electron chi connectivity index (χ2n) is 6.79. The van der Waals surface area contributed by atoms with Gasteiger partial charge in [-0.3, -0.25) is 9.89 Å². The van der Waals surface area contributed by atoms with Crippen LogP contribution in [0.15, 0.2) is 45.7 Å². The SMILES string of the molecule is COc1ccc(-c2cc(C(=O)N[C@H](c3nc(-c4ncn[nH]4)no3)C(C)C)no2)cc1. The largest absolute Gasteiger partial charge is 0.497 e. The molecule has 154 valence electrons. The fourth-order valence-electron chi connectivity index (χ4n) is 2.77. The minimum absolute atomic E-state index is 0.0232. The number of aromatic nitrogens is 6. The number of nitrogens with one attached hydrogen (secondary N) is 2. The van der Waals surface area contributed by atoms with Gasteiger partial charge in [-0.2, -0.15) is 10.1 Å². The van der Waals surface area contributed by atoms with Crippen molar-refractivity contribution in [2.75, 3.05) is 7.11 Å². The molecule has 0 aliphatic rings. The third kappa shape index (κ3) is 3.90. The molecule has 0 bridgehead atoms. The predicted molar refractivity (Wildman–Crippen MR) is 103 cm³/mol. The lowest BCUT2D eigenvalue weighted by Crippen LogP contribution is -2.32. The summed E-state index contributed by atoms with van der Waals surface area (Å²) in [4.78, 5) is 21.0. The molecule has 0 unspecified atom stereocenters. The van der Waals surface area contributed by atoms with Crippen molar-refractivity contribution < 1.29 is 18.6 Å². The third-order valence-corrected chi connectivity index (χ3v) is 4.41. The van der Waals surface area contributed by atoms with Crippen LogP contribution < -0.4 is 10.1 Å².